The molecule has 3 rings (SSSR count). The maximum absolute atomic E-state index is 12.4. The van der Waals surface area contributed by atoms with E-state index in [0.29, 0.717) is 32.7 Å². The van der Waals surface area contributed by atoms with Crippen LogP contribution >= 0.6 is 11.8 Å². The Bertz CT molecular complexity index is 564. The number of hydrogen-bond acceptors (Lipinski definition) is 6. The fraction of sp³-hybridized carbons (Fsp3) is 0.625. The monoisotopic (exact) mass is 338 g/mol. The van der Waals surface area contributed by atoms with Crippen LogP contribution in [0.5, 0.6) is 0 Å². The summed E-state index contributed by atoms with van der Waals surface area (Å²) in [6, 6.07) is 0. The molecule has 0 aromatic rings. The van der Waals surface area contributed by atoms with Crippen LogP contribution in [0.3, 0.4) is 0 Å². The number of carbonyl (C=O) groups excluding carboxylic acids is 2. The SMILES string of the molecule is CC(C)OC(=O)C1=C2SCC(=CC(=O)N3CCOCC3)N2CC1. The number of rotatable bonds is 3. The third kappa shape index (κ3) is 3.55. The summed E-state index contributed by atoms with van der Waals surface area (Å²) in [4.78, 5) is 28.4. The van der Waals surface area contributed by atoms with E-state index in [1.54, 1.807) is 17.8 Å². The van der Waals surface area contributed by atoms with Crippen LogP contribution in [-0.2, 0) is 19.1 Å². The van der Waals surface area contributed by atoms with Gasteiger partial charge in [0.2, 0.25) is 5.91 Å². The number of nitrogens with zero attached hydrogens (tertiary/aromatic N) is 2. The molecule has 0 aromatic carbocycles. The van der Waals surface area contributed by atoms with Gasteiger partial charge in [0.25, 0.3) is 0 Å². The van der Waals surface area contributed by atoms with Gasteiger partial charge in [-0.2, -0.15) is 0 Å². The largest absolute Gasteiger partial charge is 0.460 e. The molecular weight excluding hydrogens is 316 g/mol. The van der Waals surface area contributed by atoms with E-state index in [1.165, 1.54) is 0 Å². The maximum Gasteiger partial charge on any atom is 0.336 e. The van der Waals surface area contributed by atoms with Crippen molar-refractivity contribution in [1.82, 2.24) is 9.80 Å². The number of hydrogen-bond donors (Lipinski definition) is 0. The number of esters is 1. The molecule has 0 aliphatic carbocycles. The Morgan fingerprint density at radius 3 is 2.70 bits per heavy atom. The second-order valence-corrected chi connectivity index (χ2v) is 6.97. The van der Waals surface area contributed by atoms with Gasteiger partial charge in [-0.1, -0.05) is 0 Å². The highest BCUT2D eigenvalue weighted by atomic mass is 32.2. The van der Waals surface area contributed by atoms with Gasteiger partial charge in [-0.05, 0) is 13.8 Å². The molecule has 0 unspecified atom stereocenters. The Labute approximate surface area is 140 Å². The van der Waals surface area contributed by atoms with Crippen molar-refractivity contribution in [2.45, 2.75) is 26.4 Å². The van der Waals surface area contributed by atoms with Crippen LogP contribution in [-0.4, -0.2) is 66.4 Å². The molecule has 3 aliphatic heterocycles. The first kappa shape index (κ1) is 16.4. The van der Waals surface area contributed by atoms with Gasteiger partial charge in [-0.3, -0.25) is 4.79 Å². The van der Waals surface area contributed by atoms with E-state index in [4.69, 9.17) is 9.47 Å². The Morgan fingerprint density at radius 2 is 2.00 bits per heavy atom. The van der Waals surface area contributed by atoms with Gasteiger partial charge in [0.05, 0.1) is 29.9 Å². The fourth-order valence-electron chi connectivity index (χ4n) is 2.87. The van der Waals surface area contributed by atoms with Crippen LogP contribution in [0.4, 0.5) is 0 Å². The molecule has 0 aromatic heterocycles. The first-order valence-electron chi connectivity index (χ1n) is 7.98. The highest BCUT2D eigenvalue weighted by Gasteiger charge is 2.35. The molecule has 2 saturated heterocycles. The quantitative estimate of drug-likeness (QED) is 0.572. The van der Waals surface area contributed by atoms with Gasteiger partial charge in [-0.25, -0.2) is 4.79 Å². The number of thioether (sulfide) groups is 1. The third-order valence-electron chi connectivity index (χ3n) is 3.99. The minimum Gasteiger partial charge on any atom is -0.460 e. The summed E-state index contributed by atoms with van der Waals surface area (Å²) in [5.74, 6) is 0.526. The normalized spacial score (nSPS) is 23.0. The zero-order valence-corrected chi connectivity index (χ0v) is 14.4. The summed E-state index contributed by atoms with van der Waals surface area (Å²) in [6.45, 7) is 6.93. The van der Waals surface area contributed by atoms with E-state index in [2.05, 4.69) is 4.90 Å². The molecule has 0 radical (unpaired) electrons. The molecule has 1 amide bonds. The van der Waals surface area contributed by atoms with Crippen molar-refractivity contribution in [3.8, 4) is 0 Å². The number of fused-ring (bicyclic) bond motifs is 1. The molecule has 7 heteroatoms. The second-order valence-electron chi connectivity index (χ2n) is 6.00. The van der Waals surface area contributed by atoms with E-state index in [1.807, 2.05) is 18.7 Å². The Morgan fingerprint density at radius 1 is 1.26 bits per heavy atom. The molecule has 0 N–H and O–H groups in total. The molecule has 0 saturated carbocycles. The van der Waals surface area contributed by atoms with E-state index < -0.39 is 0 Å². The van der Waals surface area contributed by atoms with Crippen molar-refractivity contribution in [3.63, 3.8) is 0 Å². The topological polar surface area (TPSA) is 59.1 Å². The molecule has 3 aliphatic rings. The average Bonchev–Trinajstić information content (AvgIpc) is 3.10. The highest BCUT2D eigenvalue weighted by molar-refractivity contribution is 8.03. The molecule has 3 heterocycles. The predicted octanol–water partition coefficient (Wildman–Crippen LogP) is 1.34. The lowest BCUT2D eigenvalue weighted by Crippen LogP contribution is -2.40. The third-order valence-corrected chi connectivity index (χ3v) is 5.17. The molecule has 6 nitrogen and oxygen atoms in total. The fourth-order valence-corrected chi connectivity index (χ4v) is 4.11. The summed E-state index contributed by atoms with van der Waals surface area (Å²) in [7, 11) is 0. The lowest BCUT2D eigenvalue weighted by atomic mass is 10.2. The minimum atomic E-state index is -0.231. The van der Waals surface area contributed by atoms with E-state index in [9.17, 15) is 9.59 Å². The van der Waals surface area contributed by atoms with Crippen molar-refractivity contribution in [3.05, 3.63) is 22.4 Å². The molecule has 0 spiro atoms. The van der Waals surface area contributed by atoms with Crippen molar-refractivity contribution < 1.29 is 19.1 Å². The molecule has 2 fully saturated rings. The standard InChI is InChI=1S/C16H22N2O4S/c1-11(2)22-16(20)13-3-4-18-12(10-23-15(13)18)9-14(19)17-5-7-21-8-6-17/h9,11H,3-8,10H2,1-2H3. The van der Waals surface area contributed by atoms with Gasteiger partial charge in [0, 0.05) is 43.6 Å². The second kappa shape index (κ2) is 6.97. The summed E-state index contributed by atoms with van der Waals surface area (Å²) >= 11 is 1.61. The van der Waals surface area contributed by atoms with E-state index >= 15 is 0 Å². The molecule has 23 heavy (non-hydrogen) atoms. The Kier molecular flexibility index (Phi) is 4.96. The summed E-state index contributed by atoms with van der Waals surface area (Å²) < 4.78 is 10.6. The molecule has 126 valence electrons. The zero-order chi connectivity index (χ0) is 16.4. The van der Waals surface area contributed by atoms with Crippen molar-refractivity contribution in [2.24, 2.45) is 0 Å². The number of amides is 1. The molecule has 0 atom stereocenters. The van der Waals surface area contributed by atoms with Crippen LogP contribution in [0.15, 0.2) is 22.4 Å². The van der Waals surface area contributed by atoms with E-state index in [0.717, 1.165) is 28.6 Å². The van der Waals surface area contributed by atoms with Crippen molar-refractivity contribution in [2.75, 3.05) is 38.6 Å². The van der Waals surface area contributed by atoms with Crippen LogP contribution in [0.1, 0.15) is 20.3 Å². The summed E-state index contributed by atoms with van der Waals surface area (Å²) in [6.07, 6.45) is 2.27. The first-order chi connectivity index (χ1) is 11.1. The Hall–Kier alpha value is -1.47. The molecular formula is C16H22N2O4S. The average molecular weight is 338 g/mol. The predicted molar refractivity (Wildman–Crippen MR) is 87.5 cm³/mol. The zero-order valence-electron chi connectivity index (χ0n) is 13.5. The number of ether oxygens (including phenoxy) is 2. The van der Waals surface area contributed by atoms with Gasteiger partial charge in [0.1, 0.15) is 0 Å². The van der Waals surface area contributed by atoms with Crippen molar-refractivity contribution in [1.29, 1.82) is 0 Å². The van der Waals surface area contributed by atoms with Crippen LogP contribution in [0, 0.1) is 0 Å². The van der Waals surface area contributed by atoms with Gasteiger partial charge >= 0.3 is 5.97 Å². The number of carbonyl (C=O) groups is 2. The van der Waals surface area contributed by atoms with Gasteiger partial charge in [-0.15, -0.1) is 11.8 Å². The maximum atomic E-state index is 12.4. The van der Waals surface area contributed by atoms with Gasteiger partial charge < -0.3 is 19.3 Å². The smallest absolute Gasteiger partial charge is 0.336 e. The van der Waals surface area contributed by atoms with E-state index in [-0.39, 0.29) is 18.0 Å². The van der Waals surface area contributed by atoms with Crippen LogP contribution in [0.2, 0.25) is 0 Å². The minimum absolute atomic E-state index is 0.0309. The van der Waals surface area contributed by atoms with Crippen molar-refractivity contribution >= 4 is 23.6 Å². The first-order valence-corrected chi connectivity index (χ1v) is 8.96. The Balaban J connectivity index is 1.71. The highest BCUT2D eigenvalue weighted by Crippen LogP contribution is 2.42. The van der Waals surface area contributed by atoms with Crippen LogP contribution < -0.4 is 0 Å². The summed E-state index contributed by atoms with van der Waals surface area (Å²) in [5, 5.41) is 0.955. The molecule has 0 bridgehead atoms. The number of morpholine rings is 1. The summed E-state index contributed by atoms with van der Waals surface area (Å²) in [5.41, 5.74) is 1.72. The lowest BCUT2D eigenvalue weighted by Gasteiger charge is -2.26. The van der Waals surface area contributed by atoms with Gasteiger partial charge in [0.15, 0.2) is 0 Å². The van der Waals surface area contributed by atoms with Crippen LogP contribution in [0.25, 0.3) is 0 Å². The lowest BCUT2D eigenvalue weighted by molar-refractivity contribution is -0.142.